The van der Waals surface area contributed by atoms with Crippen LogP contribution in [0.5, 0.6) is 0 Å². The summed E-state index contributed by atoms with van der Waals surface area (Å²) in [5.41, 5.74) is -0.568. The highest BCUT2D eigenvalue weighted by Gasteiger charge is 2.48. The zero-order valence-corrected chi connectivity index (χ0v) is 12.7. The van der Waals surface area contributed by atoms with Gasteiger partial charge in [0.1, 0.15) is 0 Å². The number of hydrazine groups is 1. The summed E-state index contributed by atoms with van der Waals surface area (Å²) >= 11 is 0. The predicted octanol–water partition coefficient (Wildman–Crippen LogP) is 0.767. The number of carbonyl (C=O) groups is 2. The second-order valence-corrected chi connectivity index (χ2v) is 4.91. The molecule has 0 heterocycles. The summed E-state index contributed by atoms with van der Waals surface area (Å²) < 4.78 is 4.94. The number of ether oxygens (including phenoxy) is 1. The highest BCUT2D eigenvalue weighted by atomic mass is 16.6. The molecule has 0 saturated heterocycles. The van der Waals surface area contributed by atoms with E-state index in [1.165, 1.54) is 24.3 Å². The maximum Gasteiger partial charge on any atom is 0.339 e. The summed E-state index contributed by atoms with van der Waals surface area (Å²) in [4.78, 5) is 34.2. The predicted molar refractivity (Wildman–Crippen MR) is 80.4 cm³/mol. The van der Waals surface area contributed by atoms with Crippen molar-refractivity contribution >= 4 is 17.6 Å². The van der Waals surface area contributed by atoms with E-state index in [2.05, 4.69) is 0 Å². The van der Waals surface area contributed by atoms with Gasteiger partial charge in [0.2, 0.25) is 5.54 Å². The molecule has 1 aromatic rings. The number of nitrogens with two attached hydrogens (primary N) is 1. The lowest BCUT2D eigenvalue weighted by Gasteiger charge is -2.26. The molecule has 9 heteroatoms. The molecule has 1 atom stereocenters. The van der Waals surface area contributed by atoms with Crippen LogP contribution in [0.15, 0.2) is 24.3 Å². The molecule has 126 valence electrons. The summed E-state index contributed by atoms with van der Waals surface area (Å²) in [5, 5.41) is 20.5. The number of hydrogen-bond acceptors (Lipinski definition) is 7. The zero-order chi connectivity index (χ0) is 17.5. The van der Waals surface area contributed by atoms with Gasteiger partial charge in [0.25, 0.3) is 5.69 Å². The second kappa shape index (κ2) is 8.20. The molecule has 9 nitrogen and oxygen atoms in total. The molecule has 0 aliphatic rings. The van der Waals surface area contributed by atoms with Gasteiger partial charge in [0.05, 0.1) is 11.5 Å². The Balaban J connectivity index is 3.15. The first-order valence-corrected chi connectivity index (χ1v) is 6.99. The van der Waals surface area contributed by atoms with Gasteiger partial charge in [-0.25, -0.2) is 15.0 Å². The number of unbranched alkanes of at least 4 members (excludes halogenated alkanes) is 1. The van der Waals surface area contributed by atoms with Gasteiger partial charge in [-0.05, 0) is 6.42 Å². The van der Waals surface area contributed by atoms with Gasteiger partial charge in [0, 0.05) is 18.1 Å². The molecule has 0 spiro atoms. The SMILES string of the molecule is CCCCOC(=O)C(Cc1ccccc1[N+](=O)[O-])(NN)C(=O)O. The van der Waals surface area contributed by atoms with Crippen molar-refractivity contribution in [3.63, 3.8) is 0 Å². The van der Waals surface area contributed by atoms with Crippen molar-refractivity contribution in [3.8, 4) is 0 Å². The first kappa shape index (κ1) is 18.5. The van der Waals surface area contributed by atoms with Crippen molar-refractivity contribution in [2.24, 2.45) is 5.84 Å². The van der Waals surface area contributed by atoms with Crippen LogP contribution in [0.4, 0.5) is 5.69 Å². The average molecular weight is 325 g/mol. The number of para-hydroxylation sites is 1. The van der Waals surface area contributed by atoms with Crippen molar-refractivity contribution in [2.45, 2.75) is 31.7 Å². The van der Waals surface area contributed by atoms with E-state index in [-0.39, 0.29) is 17.9 Å². The minimum atomic E-state index is -2.29. The van der Waals surface area contributed by atoms with Crippen LogP contribution < -0.4 is 11.3 Å². The van der Waals surface area contributed by atoms with E-state index in [4.69, 9.17) is 10.6 Å². The maximum atomic E-state index is 12.2. The summed E-state index contributed by atoms with van der Waals surface area (Å²) in [6.45, 7) is 1.93. The average Bonchev–Trinajstić information content (AvgIpc) is 2.52. The molecule has 4 N–H and O–H groups in total. The Labute approximate surface area is 132 Å². The van der Waals surface area contributed by atoms with Crippen molar-refractivity contribution in [3.05, 3.63) is 39.9 Å². The van der Waals surface area contributed by atoms with Gasteiger partial charge >= 0.3 is 11.9 Å². The third-order valence-electron chi connectivity index (χ3n) is 3.33. The third kappa shape index (κ3) is 4.24. The largest absolute Gasteiger partial charge is 0.479 e. The Hall–Kier alpha value is -2.52. The van der Waals surface area contributed by atoms with Crippen LogP contribution >= 0.6 is 0 Å². The molecule has 0 amide bonds. The standard InChI is InChI=1S/C14H19N3O6/c1-2-3-8-23-13(20)14(16-15,12(18)19)9-10-6-4-5-7-11(10)17(21)22/h4-7,16H,2-3,8-9,15H2,1H3,(H,18,19). The van der Waals surface area contributed by atoms with E-state index in [1.807, 2.05) is 12.3 Å². The fraction of sp³-hybridized carbons (Fsp3) is 0.429. The third-order valence-corrected chi connectivity index (χ3v) is 3.33. The number of nitrogens with zero attached hydrogens (tertiary/aromatic N) is 1. The van der Waals surface area contributed by atoms with Gasteiger partial charge in [0.15, 0.2) is 0 Å². The van der Waals surface area contributed by atoms with Crippen LogP contribution in [-0.4, -0.2) is 34.1 Å². The number of nitro groups is 1. The van der Waals surface area contributed by atoms with E-state index in [0.717, 1.165) is 6.42 Å². The Morgan fingerprint density at radius 2 is 2.09 bits per heavy atom. The Bertz CT molecular complexity index is 592. The second-order valence-electron chi connectivity index (χ2n) is 4.91. The number of aliphatic carboxylic acids is 1. The molecule has 0 aliphatic carbocycles. The van der Waals surface area contributed by atoms with E-state index in [0.29, 0.717) is 6.42 Å². The van der Waals surface area contributed by atoms with Crippen LogP contribution in [0.2, 0.25) is 0 Å². The number of benzene rings is 1. The Morgan fingerprint density at radius 3 is 2.61 bits per heavy atom. The lowest BCUT2D eigenvalue weighted by molar-refractivity contribution is -0.385. The number of rotatable bonds is 9. The Kier molecular flexibility index (Phi) is 6.61. The first-order chi connectivity index (χ1) is 10.9. The van der Waals surface area contributed by atoms with Crippen molar-refractivity contribution in [1.29, 1.82) is 0 Å². The number of nitro benzene ring substituents is 1. The molecule has 1 rings (SSSR count). The molecule has 0 fully saturated rings. The molecule has 23 heavy (non-hydrogen) atoms. The van der Waals surface area contributed by atoms with Crippen LogP contribution in [0, 0.1) is 10.1 Å². The van der Waals surface area contributed by atoms with Gasteiger partial charge in [-0.15, -0.1) is 0 Å². The van der Waals surface area contributed by atoms with Crippen LogP contribution in [0.25, 0.3) is 0 Å². The maximum absolute atomic E-state index is 12.2. The highest BCUT2D eigenvalue weighted by Crippen LogP contribution is 2.24. The summed E-state index contributed by atoms with van der Waals surface area (Å²) in [6.07, 6.45) is 0.812. The quantitative estimate of drug-likeness (QED) is 0.151. The van der Waals surface area contributed by atoms with Crippen LogP contribution in [-0.2, 0) is 20.7 Å². The van der Waals surface area contributed by atoms with Crippen molar-refractivity contribution < 1.29 is 24.4 Å². The molecule has 1 unspecified atom stereocenters. The lowest BCUT2D eigenvalue weighted by atomic mass is 9.90. The zero-order valence-electron chi connectivity index (χ0n) is 12.7. The molecule has 0 radical (unpaired) electrons. The van der Waals surface area contributed by atoms with Crippen molar-refractivity contribution in [1.82, 2.24) is 5.43 Å². The number of nitrogens with one attached hydrogen (secondary N) is 1. The molecule has 0 aliphatic heterocycles. The van der Waals surface area contributed by atoms with E-state index in [9.17, 15) is 24.8 Å². The number of carboxylic acids is 1. The number of hydrogen-bond donors (Lipinski definition) is 3. The normalized spacial score (nSPS) is 13.1. The van der Waals surface area contributed by atoms with E-state index in [1.54, 1.807) is 0 Å². The number of carboxylic acid groups (broad SMARTS) is 1. The Morgan fingerprint density at radius 1 is 1.43 bits per heavy atom. The minimum Gasteiger partial charge on any atom is -0.479 e. The highest BCUT2D eigenvalue weighted by molar-refractivity contribution is 6.04. The van der Waals surface area contributed by atoms with Crippen molar-refractivity contribution in [2.75, 3.05) is 6.61 Å². The smallest absolute Gasteiger partial charge is 0.339 e. The number of carbonyl (C=O) groups excluding carboxylic acids is 1. The van der Waals surface area contributed by atoms with Gasteiger partial charge in [-0.2, -0.15) is 0 Å². The summed E-state index contributed by atoms with van der Waals surface area (Å²) in [5.74, 6) is 2.63. The van der Waals surface area contributed by atoms with Gasteiger partial charge < -0.3 is 9.84 Å². The van der Waals surface area contributed by atoms with Gasteiger partial charge in [-0.1, -0.05) is 31.5 Å². The topological polar surface area (TPSA) is 145 Å². The summed E-state index contributed by atoms with van der Waals surface area (Å²) in [7, 11) is 0. The van der Waals surface area contributed by atoms with E-state index >= 15 is 0 Å². The fourth-order valence-electron chi connectivity index (χ4n) is 1.96. The first-order valence-electron chi connectivity index (χ1n) is 6.99. The molecular weight excluding hydrogens is 306 g/mol. The fourth-order valence-corrected chi connectivity index (χ4v) is 1.96. The lowest BCUT2D eigenvalue weighted by Crippen LogP contribution is -2.63. The minimum absolute atomic E-state index is 0.0446. The molecule has 0 saturated carbocycles. The number of esters is 1. The molecular formula is C14H19N3O6. The summed E-state index contributed by atoms with van der Waals surface area (Å²) in [6, 6.07) is 5.54. The monoisotopic (exact) mass is 325 g/mol. The van der Waals surface area contributed by atoms with E-state index < -0.39 is 28.8 Å². The van der Waals surface area contributed by atoms with Crippen LogP contribution in [0.1, 0.15) is 25.3 Å². The van der Waals surface area contributed by atoms with Crippen LogP contribution in [0.3, 0.4) is 0 Å². The molecule has 0 bridgehead atoms. The van der Waals surface area contributed by atoms with Gasteiger partial charge in [-0.3, -0.25) is 16.0 Å². The molecule has 1 aromatic carbocycles. The molecule has 0 aromatic heterocycles.